The molecule has 2 N–H and O–H groups in total. The molecule has 7 nitrogen and oxygen atoms in total. The van der Waals surface area contributed by atoms with E-state index in [0.29, 0.717) is 19.7 Å². The van der Waals surface area contributed by atoms with Crippen LogP contribution in [0.5, 0.6) is 0 Å². The fraction of sp³-hybridized carbons (Fsp3) is 0.462. The van der Waals surface area contributed by atoms with Crippen LogP contribution in [-0.4, -0.2) is 36.6 Å². The fourth-order valence-corrected chi connectivity index (χ4v) is 2.00. The molecule has 1 aliphatic rings. The van der Waals surface area contributed by atoms with Crippen molar-refractivity contribution in [2.24, 2.45) is 0 Å². The lowest BCUT2D eigenvalue weighted by Gasteiger charge is -2.22. The number of carbonyl (C=O) groups excluding carboxylic acids is 1. The van der Waals surface area contributed by atoms with Gasteiger partial charge in [0.1, 0.15) is 11.8 Å². The van der Waals surface area contributed by atoms with E-state index in [1.807, 2.05) is 6.92 Å². The van der Waals surface area contributed by atoms with Crippen molar-refractivity contribution in [3.05, 3.63) is 33.4 Å². The maximum Gasteiger partial charge on any atom is 0.293 e. The summed E-state index contributed by atoms with van der Waals surface area (Å²) in [6, 6.07) is 3.08. The number of benzene rings is 1. The first-order chi connectivity index (χ1) is 9.49. The number of nitrogens with zero attached hydrogens (tertiary/aromatic N) is 1. The van der Waals surface area contributed by atoms with Crippen LogP contribution in [0.4, 0.5) is 11.4 Å². The number of aryl methyl sites for hydroxylation is 2. The van der Waals surface area contributed by atoms with Crippen LogP contribution in [0.25, 0.3) is 0 Å². The number of nitro benzene ring substituents is 1. The van der Waals surface area contributed by atoms with E-state index in [1.54, 1.807) is 13.0 Å². The Morgan fingerprint density at radius 3 is 2.75 bits per heavy atom. The van der Waals surface area contributed by atoms with Crippen molar-refractivity contribution >= 4 is 17.3 Å². The van der Waals surface area contributed by atoms with Crippen LogP contribution in [0.1, 0.15) is 11.1 Å². The van der Waals surface area contributed by atoms with Crippen LogP contribution in [0.15, 0.2) is 12.1 Å². The van der Waals surface area contributed by atoms with Gasteiger partial charge >= 0.3 is 0 Å². The highest BCUT2D eigenvalue weighted by atomic mass is 16.6. The Labute approximate surface area is 116 Å². The fourth-order valence-electron chi connectivity index (χ4n) is 2.00. The minimum atomic E-state index is -0.620. The van der Waals surface area contributed by atoms with E-state index in [2.05, 4.69) is 10.6 Å². The molecule has 108 valence electrons. The van der Waals surface area contributed by atoms with Gasteiger partial charge in [-0.15, -0.1) is 0 Å². The normalized spacial score (nSPS) is 18.6. The Hall–Kier alpha value is -1.99. The summed E-state index contributed by atoms with van der Waals surface area (Å²) in [5.74, 6) is -0.372. The molecule has 2 rings (SSSR count). The molecule has 1 amide bonds. The highest BCUT2D eigenvalue weighted by Crippen LogP contribution is 2.28. The van der Waals surface area contributed by atoms with Crippen molar-refractivity contribution < 1.29 is 14.5 Å². The average molecular weight is 279 g/mol. The minimum absolute atomic E-state index is 0.106. The van der Waals surface area contributed by atoms with Crippen molar-refractivity contribution in [2.75, 3.05) is 25.0 Å². The summed E-state index contributed by atoms with van der Waals surface area (Å²) >= 11 is 0. The summed E-state index contributed by atoms with van der Waals surface area (Å²) in [5, 5.41) is 16.7. The van der Waals surface area contributed by atoms with Crippen molar-refractivity contribution in [3.8, 4) is 0 Å². The zero-order valence-corrected chi connectivity index (χ0v) is 11.4. The lowest BCUT2D eigenvalue weighted by molar-refractivity contribution is -0.384. The molecule has 0 bridgehead atoms. The van der Waals surface area contributed by atoms with Crippen LogP contribution in [0, 0.1) is 24.0 Å². The summed E-state index contributed by atoms with van der Waals surface area (Å²) < 4.78 is 5.32. The molecule has 0 aromatic heterocycles. The third-order valence-corrected chi connectivity index (χ3v) is 3.29. The van der Waals surface area contributed by atoms with Crippen LogP contribution in [0.2, 0.25) is 0 Å². The van der Waals surface area contributed by atoms with Gasteiger partial charge in [0.15, 0.2) is 0 Å². The van der Waals surface area contributed by atoms with E-state index in [-0.39, 0.29) is 17.3 Å². The van der Waals surface area contributed by atoms with Gasteiger partial charge < -0.3 is 15.4 Å². The molecule has 0 spiro atoms. The summed E-state index contributed by atoms with van der Waals surface area (Å²) in [7, 11) is 0. The van der Waals surface area contributed by atoms with Gasteiger partial charge in [-0.3, -0.25) is 14.9 Å². The predicted octanol–water partition coefficient (Wildman–Crippen LogP) is 1.14. The molecule has 1 aromatic rings. The number of carbonyl (C=O) groups is 1. The number of rotatable bonds is 3. The van der Waals surface area contributed by atoms with E-state index >= 15 is 0 Å². The van der Waals surface area contributed by atoms with Gasteiger partial charge in [0, 0.05) is 19.2 Å². The Bertz CT molecular complexity index is 539. The molecule has 1 aromatic carbocycles. The van der Waals surface area contributed by atoms with Gasteiger partial charge in [-0.25, -0.2) is 0 Å². The first-order valence-electron chi connectivity index (χ1n) is 6.38. The monoisotopic (exact) mass is 279 g/mol. The minimum Gasteiger partial charge on any atom is -0.366 e. The zero-order valence-electron chi connectivity index (χ0n) is 11.4. The molecule has 0 aliphatic carbocycles. The third-order valence-electron chi connectivity index (χ3n) is 3.29. The Morgan fingerprint density at radius 2 is 2.15 bits per heavy atom. The van der Waals surface area contributed by atoms with Crippen molar-refractivity contribution in [1.82, 2.24) is 5.32 Å². The summed E-state index contributed by atoms with van der Waals surface area (Å²) in [5.41, 5.74) is 1.79. The molecular weight excluding hydrogens is 262 g/mol. The first-order valence-corrected chi connectivity index (χ1v) is 6.38. The van der Waals surface area contributed by atoms with E-state index in [0.717, 1.165) is 11.1 Å². The molecule has 1 unspecified atom stereocenters. The summed E-state index contributed by atoms with van der Waals surface area (Å²) in [4.78, 5) is 22.6. The highest BCUT2D eigenvalue weighted by Gasteiger charge is 2.24. The molecule has 1 atom stereocenters. The average Bonchev–Trinajstić information content (AvgIpc) is 2.43. The number of amides is 1. The second-order valence-corrected chi connectivity index (χ2v) is 4.76. The highest BCUT2D eigenvalue weighted by molar-refractivity contribution is 5.96. The van der Waals surface area contributed by atoms with Gasteiger partial charge in [-0.2, -0.15) is 0 Å². The van der Waals surface area contributed by atoms with Crippen molar-refractivity contribution in [3.63, 3.8) is 0 Å². The van der Waals surface area contributed by atoms with E-state index < -0.39 is 11.0 Å². The Balaban J connectivity index is 2.21. The number of hydrogen-bond acceptors (Lipinski definition) is 5. The van der Waals surface area contributed by atoms with Gasteiger partial charge in [-0.05, 0) is 31.0 Å². The van der Waals surface area contributed by atoms with Gasteiger partial charge in [0.2, 0.25) is 0 Å². The molecule has 7 heteroatoms. The summed E-state index contributed by atoms with van der Waals surface area (Å²) in [6.07, 6.45) is -0.620. The number of nitrogens with one attached hydrogen (secondary N) is 2. The maximum absolute atomic E-state index is 12.0. The standard InChI is InChI=1S/C13H17N3O4/c1-8-5-10(11(16(18)19)6-9(8)2)15-13(17)12-7-14-3-4-20-12/h5-6,12,14H,3-4,7H2,1-2H3,(H,15,17). The van der Waals surface area contributed by atoms with Crippen LogP contribution in [0.3, 0.4) is 0 Å². The number of hydrogen-bond donors (Lipinski definition) is 2. The van der Waals surface area contributed by atoms with E-state index in [4.69, 9.17) is 4.74 Å². The van der Waals surface area contributed by atoms with Crippen LogP contribution >= 0.6 is 0 Å². The lowest BCUT2D eigenvalue weighted by Crippen LogP contribution is -2.45. The number of nitro groups is 1. The van der Waals surface area contributed by atoms with Crippen molar-refractivity contribution in [1.29, 1.82) is 0 Å². The van der Waals surface area contributed by atoms with Crippen LogP contribution in [-0.2, 0) is 9.53 Å². The topological polar surface area (TPSA) is 93.5 Å². The van der Waals surface area contributed by atoms with Gasteiger partial charge in [0.05, 0.1) is 11.5 Å². The second-order valence-electron chi connectivity index (χ2n) is 4.76. The molecule has 0 saturated carbocycles. The molecule has 1 fully saturated rings. The number of ether oxygens (including phenoxy) is 1. The third kappa shape index (κ3) is 3.12. The molecule has 1 saturated heterocycles. The lowest BCUT2D eigenvalue weighted by atomic mass is 10.1. The number of morpholine rings is 1. The Kier molecular flexibility index (Phi) is 4.31. The van der Waals surface area contributed by atoms with Crippen LogP contribution < -0.4 is 10.6 Å². The molecular formula is C13H17N3O4. The zero-order chi connectivity index (χ0) is 14.7. The first kappa shape index (κ1) is 14.4. The largest absolute Gasteiger partial charge is 0.366 e. The van der Waals surface area contributed by atoms with E-state index in [1.165, 1.54) is 6.07 Å². The maximum atomic E-state index is 12.0. The smallest absolute Gasteiger partial charge is 0.293 e. The van der Waals surface area contributed by atoms with Gasteiger partial charge in [0.25, 0.3) is 11.6 Å². The predicted molar refractivity (Wildman–Crippen MR) is 73.8 cm³/mol. The SMILES string of the molecule is Cc1cc(NC(=O)C2CNCCO2)c([N+](=O)[O-])cc1C. The molecule has 1 heterocycles. The molecule has 1 aliphatic heterocycles. The molecule has 20 heavy (non-hydrogen) atoms. The summed E-state index contributed by atoms with van der Waals surface area (Å²) in [6.45, 7) is 5.20. The van der Waals surface area contributed by atoms with E-state index in [9.17, 15) is 14.9 Å². The molecule has 0 radical (unpaired) electrons. The number of anilines is 1. The van der Waals surface area contributed by atoms with Crippen molar-refractivity contribution in [2.45, 2.75) is 20.0 Å². The Morgan fingerprint density at radius 1 is 1.45 bits per heavy atom. The van der Waals surface area contributed by atoms with Gasteiger partial charge in [-0.1, -0.05) is 0 Å². The second kappa shape index (κ2) is 5.98. The quantitative estimate of drug-likeness (QED) is 0.639.